The Morgan fingerprint density at radius 1 is 1.24 bits per heavy atom. The minimum atomic E-state index is -0.384. The van der Waals surface area contributed by atoms with Crippen molar-refractivity contribution in [3.05, 3.63) is 27.7 Å². The minimum Gasteiger partial charge on any atom is -0.496 e. The van der Waals surface area contributed by atoms with Gasteiger partial charge in [-0.2, -0.15) is 0 Å². The number of carbonyl (C=O) groups is 1. The van der Waals surface area contributed by atoms with Gasteiger partial charge in [0.1, 0.15) is 5.75 Å². The standard InChI is InChI=1S/C15H19Cl2NO3/c1-8-6-18(7-9(2)14(8)19)15(20)10-4-11(16)12(17)5-13(10)21-3/h4-5,8-9,14,19H,6-7H2,1-3H3. The normalized spacial score (nSPS) is 25.8. The lowest BCUT2D eigenvalue weighted by Crippen LogP contribution is -2.49. The predicted octanol–water partition coefficient (Wildman–Crippen LogP) is 3.09. The Kier molecular flexibility index (Phi) is 5.02. The lowest BCUT2D eigenvalue weighted by molar-refractivity contribution is -0.00360. The van der Waals surface area contributed by atoms with Crippen molar-refractivity contribution in [2.45, 2.75) is 20.0 Å². The van der Waals surface area contributed by atoms with Crippen LogP contribution in [0, 0.1) is 11.8 Å². The second-order valence-corrected chi connectivity index (χ2v) is 6.44. The van der Waals surface area contributed by atoms with Gasteiger partial charge in [-0.15, -0.1) is 0 Å². The number of benzene rings is 1. The zero-order chi connectivity index (χ0) is 15.7. The van der Waals surface area contributed by atoms with E-state index in [0.717, 1.165) is 0 Å². The highest BCUT2D eigenvalue weighted by Crippen LogP contribution is 2.32. The summed E-state index contributed by atoms with van der Waals surface area (Å²) in [7, 11) is 1.49. The molecule has 1 heterocycles. The second kappa shape index (κ2) is 6.42. The maximum atomic E-state index is 12.7. The van der Waals surface area contributed by atoms with E-state index < -0.39 is 0 Å². The van der Waals surface area contributed by atoms with Crippen LogP contribution in [0.2, 0.25) is 10.0 Å². The first-order chi connectivity index (χ1) is 9.85. The Bertz CT molecular complexity index is 538. The van der Waals surface area contributed by atoms with Crippen molar-refractivity contribution < 1.29 is 14.6 Å². The monoisotopic (exact) mass is 331 g/mol. The van der Waals surface area contributed by atoms with Crippen LogP contribution in [0.5, 0.6) is 5.75 Å². The van der Waals surface area contributed by atoms with Gasteiger partial charge >= 0.3 is 0 Å². The summed E-state index contributed by atoms with van der Waals surface area (Å²) in [4.78, 5) is 14.4. The summed E-state index contributed by atoms with van der Waals surface area (Å²) in [5.74, 6) is 0.315. The smallest absolute Gasteiger partial charge is 0.257 e. The van der Waals surface area contributed by atoms with E-state index in [1.165, 1.54) is 13.2 Å². The lowest BCUT2D eigenvalue weighted by Gasteiger charge is -2.39. The molecule has 116 valence electrons. The van der Waals surface area contributed by atoms with E-state index in [9.17, 15) is 9.90 Å². The Morgan fingerprint density at radius 2 is 1.76 bits per heavy atom. The fourth-order valence-corrected chi connectivity index (χ4v) is 3.06. The van der Waals surface area contributed by atoms with Gasteiger partial charge in [0.15, 0.2) is 0 Å². The lowest BCUT2D eigenvalue weighted by atomic mass is 9.88. The van der Waals surface area contributed by atoms with E-state index in [-0.39, 0.29) is 23.8 Å². The van der Waals surface area contributed by atoms with Gasteiger partial charge in [-0.25, -0.2) is 0 Å². The first kappa shape index (κ1) is 16.4. The Hall–Kier alpha value is -0.970. The Morgan fingerprint density at radius 3 is 2.29 bits per heavy atom. The number of hydrogen-bond donors (Lipinski definition) is 1. The number of aliphatic hydroxyl groups is 1. The Balaban J connectivity index is 2.30. The first-order valence-corrected chi connectivity index (χ1v) is 7.61. The molecule has 0 spiro atoms. The van der Waals surface area contributed by atoms with E-state index in [2.05, 4.69) is 0 Å². The molecule has 1 saturated heterocycles. The molecule has 0 aliphatic carbocycles. The van der Waals surface area contributed by atoms with Crippen LogP contribution in [-0.2, 0) is 0 Å². The largest absolute Gasteiger partial charge is 0.496 e. The van der Waals surface area contributed by atoms with Gasteiger partial charge in [-0.05, 0) is 17.9 Å². The number of ether oxygens (including phenoxy) is 1. The molecule has 2 rings (SSSR count). The van der Waals surface area contributed by atoms with Crippen LogP contribution < -0.4 is 4.74 Å². The maximum absolute atomic E-state index is 12.7. The topological polar surface area (TPSA) is 49.8 Å². The number of aliphatic hydroxyl groups excluding tert-OH is 1. The molecule has 0 radical (unpaired) electrons. The first-order valence-electron chi connectivity index (χ1n) is 6.85. The highest BCUT2D eigenvalue weighted by molar-refractivity contribution is 6.42. The van der Waals surface area contributed by atoms with Crippen molar-refractivity contribution in [1.29, 1.82) is 0 Å². The number of carbonyl (C=O) groups excluding carboxylic acids is 1. The van der Waals surface area contributed by atoms with Crippen LogP contribution in [-0.4, -0.2) is 42.2 Å². The number of likely N-dealkylation sites (tertiary alicyclic amines) is 1. The molecule has 2 atom stereocenters. The molecule has 6 heteroatoms. The third-order valence-corrected chi connectivity index (χ3v) is 4.66. The number of methoxy groups -OCH3 is 1. The molecule has 1 aromatic carbocycles. The number of rotatable bonds is 2. The predicted molar refractivity (Wildman–Crippen MR) is 83.3 cm³/mol. The van der Waals surface area contributed by atoms with Gasteiger partial charge in [-0.1, -0.05) is 37.0 Å². The zero-order valence-corrected chi connectivity index (χ0v) is 13.8. The average Bonchev–Trinajstić information content (AvgIpc) is 2.45. The summed E-state index contributed by atoms with van der Waals surface area (Å²) in [5, 5.41) is 10.7. The zero-order valence-electron chi connectivity index (χ0n) is 12.3. The van der Waals surface area contributed by atoms with Crippen molar-refractivity contribution in [3.8, 4) is 5.75 Å². The number of halogens is 2. The molecule has 0 aromatic heterocycles. The van der Waals surface area contributed by atoms with Crippen molar-refractivity contribution in [2.24, 2.45) is 11.8 Å². The van der Waals surface area contributed by atoms with Crippen molar-refractivity contribution >= 4 is 29.1 Å². The number of piperidine rings is 1. The van der Waals surface area contributed by atoms with E-state index in [1.807, 2.05) is 13.8 Å². The summed E-state index contributed by atoms with van der Waals surface area (Å²) >= 11 is 12.0. The van der Waals surface area contributed by atoms with Crippen LogP contribution in [0.1, 0.15) is 24.2 Å². The summed E-state index contributed by atoms with van der Waals surface area (Å²) in [5.41, 5.74) is 0.391. The molecule has 1 aromatic rings. The van der Waals surface area contributed by atoms with Crippen LogP contribution in [0.3, 0.4) is 0 Å². The Labute approximate surface area is 134 Å². The molecular formula is C15H19Cl2NO3. The highest BCUT2D eigenvalue weighted by atomic mass is 35.5. The SMILES string of the molecule is COc1cc(Cl)c(Cl)cc1C(=O)N1CC(C)C(O)C(C)C1. The van der Waals surface area contributed by atoms with Gasteiger partial charge in [0, 0.05) is 19.2 Å². The third-order valence-electron chi connectivity index (χ3n) is 3.94. The van der Waals surface area contributed by atoms with Gasteiger partial charge < -0.3 is 14.7 Å². The molecule has 21 heavy (non-hydrogen) atoms. The number of nitrogens with zero attached hydrogens (tertiary/aromatic N) is 1. The summed E-state index contributed by atoms with van der Waals surface area (Å²) in [6.45, 7) is 4.89. The molecule has 1 fully saturated rings. The molecule has 0 bridgehead atoms. The summed E-state index contributed by atoms with van der Waals surface area (Å²) in [6.07, 6.45) is -0.384. The van der Waals surface area contributed by atoms with E-state index >= 15 is 0 Å². The molecular weight excluding hydrogens is 313 g/mol. The van der Waals surface area contributed by atoms with E-state index in [0.29, 0.717) is 34.4 Å². The molecule has 4 nitrogen and oxygen atoms in total. The summed E-state index contributed by atoms with van der Waals surface area (Å²) < 4.78 is 5.23. The van der Waals surface area contributed by atoms with Gasteiger partial charge in [0.25, 0.3) is 5.91 Å². The van der Waals surface area contributed by atoms with E-state index in [4.69, 9.17) is 27.9 Å². The minimum absolute atomic E-state index is 0.0338. The van der Waals surface area contributed by atoms with Crippen molar-refractivity contribution in [1.82, 2.24) is 4.90 Å². The number of hydrogen-bond acceptors (Lipinski definition) is 3. The molecule has 1 N–H and O–H groups in total. The maximum Gasteiger partial charge on any atom is 0.257 e. The molecule has 1 aliphatic rings. The average molecular weight is 332 g/mol. The van der Waals surface area contributed by atoms with Gasteiger partial charge in [0.05, 0.1) is 28.8 Å². The van der Waals surface area contributed by atoms with Crippen LogP contribution >= 0.6 is 23.2 Å². The fraction of sp³-hybridized carbons (Fsp3) is 0.533. The van der Waals surface area contributed by atoms with E-state index in [1.54, 1.807) is 11.0 Å². The molecule has 0 saturated carbocycles. The van der Waals surface area contributed by atoms with Gasteiger partial charge in [-0.3, -0.25) is 4.79 Å². The van der Waals surface area contributed by atoms with Crippen molar-refractivity contribution in [3.63, 3.8) is 0 Å². The fourth-order valence-electron chi connectivity index (χ4n) is 2.75. The quantitative estimate of drug-likeness (QED) is 0.905. The molecule has 1 amide bonds. The third kappa shape index (κ3) is 3.28. The van der Waals surface area contributed by atoms with Crippen LogP contribution in [0.15, 0.2) is 12.1 Å². The van der Waals surface area contributed by atoms with Crippen LogP contribution in [0.4, 0.5) is 0 Å². The molecule has 1 aliphatic heterocycles. The molecule has 2 unspecified atom stereocenters. The van der Waals surface area contributed by atoms with Crippen molar-refractivity contribution in [2.75, 3.05) is 20.2 Å². The van der Waals surface area contributed by atoms with Gasteiger partial charge in [0.2, 0.25) is 0 Å². The summed E-state index contributed by atoms with van der Waals surface area (Å²) in [6, 6.07) is 3.08. The highest BCUT2D eigenvalue weighted by Gasteiger charge is 2.33. The number of amides is 1. The van der Waals surface area contributed by atoms with Crippen LogP contribution in [0.25, 0.3) is 0 Å². The second-order valence-electron chi connectivity index (χ2n) is 5.62.